The maximum absolute atomic E-state index is 6.02. The van der Waals surface area contributed by atoms with Crippen molar-refractivity contribution in [2.75, 3.05) is 13.7 Å². The summed E-state index contributed by atoms with van der Waals surface area (Å²) in [4.78, 5) is 9.10. The van der Waals surface area contributed by atoms with Crippen LogP contribution in [-0.4, -0.2) is 28.2 Å². The van der Waals surface area contributed by atoms with E-state index >= 15 is 0 Å². The highest BCUT2D eigenvalue weighted by molar-refractivity contribution is 6.31. The summed E-state index contributed by atoms with van der Waals surface area (Å²) in [6.07, 6.45) is 2.50. The Morgan fingerprint density at radius 1 is 1.27 bits per heavy atom. The van der Waals surface area contributed by atoms with Crippen molar-refractivity contribution in [1.29, 1.82) is 0 Å². The zero-order valence-electron chi connectivity index (χ0n) is 12.3. The molecule has 3 rings (SSSR count). The molecular formula is C16H17ClN4O. The second-order valence-electron chi connectivity index (χ2n) is 4.95. The minimum atomic E-state index is 0.581. The lowest BCUT2D eigenvalue weighted by Crippen LogP contribution is -2.07. The standard InChI is InChI=1S/C16H17ClN4O/c1-22-13-5-3-11(4-6-13)15-20-14-9-12(17)10-19-16(14)21(15)8-2-7-18/h3-6,9-10H,2,7-8,18H2,1H3. The third-order valence-corrected chi connectivity index (χ3v) is 3.69. The van der Waals surface area contributed by atoms with Crippen LogP contribution >= 0.6 is 11.6 Å². The van der Waals surface area contributed by atoms with Crippen LogP contribution in [0.15, 0.2) is 36.5 Å². The Morgan fingerprint density at radius 3 is 2.73 bits per heavy atom. The third kappa shape index (κ3) is 2.77. The number of fused-ring (bicyclic) bond motifs is 1. The van der Waals surface area contributed by atoms with E-state index in [0.29, 0.717) is 11.6 Å². The van der Waals surface area contributed by atoms with Crippen LogP contribution in [0.1, 0.15) is 6.42 Å². The van der Waals surface area contributed by atoms with Crippen LogP contribution in [0.5, 0.6) is 5.75 Å². The van der Waals surface area contributed by atoms with Crippen LogP contribution in [0, 0.1) is 0 Å². The first-order valence-electron chi connectivity index (χ1n) is 7.09. The zero-order chi connectivity index (χ0) is 15.5. The molecule has 2 aromatic heterocycles. The highest BCUT2D eigenvalue weighted by Gasteiger charge is 2.14. The molecule has 0 atom stereocenters. The van der Waals surface area contributed by atoms with Gasteiger partial charge in [-0.3, -0.25) is 0 Å². The molecule has 0 fully saturated rings. The lowest BCUT2D eigenvalue weighted by Gasteiger charge is -2.08. The second kappa shape index (κ2) is 6.34. The molecular weight excluding hydrogens is 300 g/mol. The Morgan fingerprint density at radius 2 is 2.05 bits per heavy atom. The maximum atomic E-state index is 6.02. The number of ether oxygens (including phenoxy) is 1. The Kier molecular flexibility index (Phi) is 4.27. The van der Waals surface area contributed by atoms with Gasteiger partial charge in [0, 0.05) is 18.3 Å². The lowest BCUT2D eigenvalue weighted by atomic mass is 10.2. The van der Waals surface area contributed by atoms with E-state index in [-0.39, 0.29) is 0 Å². The predicted octanol–water partition coefficient (Wildman–Crippen LogP) is 3.11. The van der Waals surface area contributed by atoms with Crippen molar-refractivity contribution in [2.24, 2.45) is 5.73 Å². The van der Waals surface area contributed by atoms with Crippen molar-refractivity contribution >= 4 is 22.8 Å². The average Bonchev–Trinajstić information content (AvgIpc) is 2.90. The van der Waals surface area contributed by atoms with E-state index in [1.165, 1.54) is 0 Å². The summed E-state index contributed by atoms with van der Waals surface area (Å²) in [5.41, 5.74) is 8.26. The Hall–Kier alpha value is -2.11. The van der Waals surface area contributed by atoms with Crippen molar-refractivity contribution in [1.82, 2.24) is 14.5 Å². The van der Waals surface area contributed by atoms with Crippen LogP contribution in [0.3, 0.4) is 0 Å². The summed E-state index contributed by atoms with van der Waals surface area (Å²) in [5, 5.41) is 0.581. The fourth-order valence-corrected chi connectivity index (χ4v) is 2.56. The number of nitrogens with two attached hydrogens (primary N) is 1. The molecule has 0 radical (unpaired) electrons. The molecule has 6 heteroatoms. The van der Waals surface area contributed by atoms with Gasteiger partial charge in [-0.25, -0.2) is 9.97 Å². The van der Waals surface area contributed by atoms with Gasteiger partial charge in [-0.05, 0) is 43.3 Å². The largest absolute Gasteiger partial charge is 0.497 e. The first kappa shape index (κ1) is 14.8. The molecule has 0 spiro atoms. The van der Waals surface area contributed by atoms with Gasteiger partial charge in [0.15, 0.2) is 5.65 Å². The molecule has 5 nitrogen and oxygen atoms in total. The van der Waals surface area contributed by atoms with Crippen molar-refractivity contribution in [3.05, 3.63) is 41.6 Å². The minimum absolute atomic E-state index is 0.581. The minimum Gasteiger partial charge on any atom is -0.497 e. The number of benzene rings is 1. The normalized spacial score (nSPS) is 11.0. The van der Waals surface area contributed by atoms with Crippen molar-refractivity contribution < 1.29 is 4.74 Å². The molecule has 0 aliphatic rings. The number of hydrogen-bond acceptors (Lipinski definition) is 4. The van der Waals surface area contributed by atoms with Gasteiger partial charge in [-0.2, -0.15) is 0 Å². The van der Waals surface area contributed by atoms with E-state index in [1.54, 1.807) is 13.3 Å². The van der Waals surface area contributed by atoms with Gasteiger partial charge in [0.1, 0.15) is 17.1 Å². The quantitative estimate of drug-likeness (QED) is 0.785. The number of aryl methyl sites for hydroxylation is 1. The molecule has 1 aromatic carbocycles. The fourth-order valence-electron chi connectivity index (χ4n) is 2.41. The molecule has 0 bridgehead atoms. The first-order chi connectivity index (χ1) is 10.7. The molecule has 2 heterocycles. The van der Waals surface area contributed by atoms with Crippen LogP contribution in [0.2, 0.25) is 5.02 Å². The average molecular weight is 317 g/mol. The number of nitrogens with zero attached hydrogens (tertiary/aromatic N) is 3. The van der Waals surface area contributed by atoms with Gasteiger partial charge >= 0.3 is 0 Å². The van der Waals surface area contributed by atoms with Gasteiger partial charge in [0.2, 0.25) is 0 Å². The van der Waals surface area contributed by atoms with Crippen molar-refractivity contribution in [3.8, 4) is 17.1 Å². The molecule has 0 saturated heterocycles. The number of aromatic nitrogens is 3. The summed E-state index contributed by atoms with van der Waals surface area (Å²) in [7, 11) is 1.65. The second-order valence-corrected chi connectivity index (χ2v) is 5.39. The molecule has 114 valence electrons. The topological polar surface area (TPSA) is 66.0 Å². The molecule has 0 aliphatic carbocycles. The highest BCUT2D eigenvalue weighted by atomic mass is 35.5. The van der Waals surface area contributed by atoms with E-state index < -0.39 is 0 Å². The number of methoxy groups -OCH3 is 1. The number of rotatable bonds is 5. The van der Waals surface area contributed by atoms with E-state index in [0.717, 1.165) is 41.3 Å². The Labute approximate surface area is 133 Å². The summed E-state index contributed by atoms with van der Waals surface area (Å²) >= 11 is 6.02. The summed E-state index contributed by atoms with van der Waals surface area (Å²) in [5.74, 6) is 1.68. The Bertz CT molecular complexity index is 783. The van der Waals surface area contributed by atoms with Crippen LogP contribution in [0.4, 0.5) is 0 Å². The zero-order valence-corrected chi connectivity index (χ0v) is 13.0. The van der Waals surface area contributed by atoms with E-state index in [4.69, 9.17) is 22.1 Å². The monoisotopic (exact) mass is 316 g/mol. The third-order valence-electron chi connectivity index (χ3n) is 3.49. The lowest BCUT2D eigenvalue weighted by molar-refractivity contribution is 0.415. The molecule has 0 saturated carbocycles. The Balaban J connectivity index is 2.13. The SMILES string of the molecule is COc1ccc(-c2nc3cc(Cl)cnc3n2CCCN)cc1. The highest BCUT2D eigenvalue weighted by Crippen LogP contribution is 2.27. The van der Waals surface area contributed by atoms with Crippen LogP contribution in [0.25, 0.3) is 22.6 Å². The molecule has 3 aromatic rings. The number of halogens is 1. The molecule has 2 N–H and O–H groups in total. The summed E-state index contributed by atoms with van der Waals surface area (Å²) in [6, 6.07) is 9.64. The number of pyridine rings is 1. The molecule has 0 unspecified atom stereocenters. The van der Waals surface area contributed by atoms with Crippen LogP contribution in [-0.2, 0) is 6.54 Å². The van der Waals surface area contributed by atoms with Gasteiger partial charge < -0.3 is 15.0 Å². The first-order valence-corrected chi connectivity index (χ1v) is 7.47. The van der Waals surface area contributed by atoms with E-state index in [1.807, 2.05) is 30.3 Å². The summed E-state index contributed by atoms with van der Waals surface area (Å²) in [6.45, 7) is 1.39. The van der Waals surface area contributed by atoms with Crippen molar-refractivity contribution in [2.45, 2.75) is 13.0 Å². The van der Waals surface area contributed by atoms with E-state index in [9.17, 15) is 0 Å². The van der Waals surface area contributed by atoms with Gasteiger partial charge in [-0.1, -0.05) is 11.6 Å². The van der Waals surface area contributed by atoms with Crippen LogP contribution < -0.4 is 10.5 Å². The van der Waals surface area contributed by atoms with Gasteiger partial charge in [0.05, 0.1) is 12.1 Å². The predicted molar refractivity (Wildman–Crippen MR) is 88.2 cm³/mol. The van der Waals surface area contributed by atoms with Gasteiger partial charge in [0.25, 0.3) is 0 Å². The van der Waals surface area contributed by atoms with Gasteiger partial charge in [-0.15, -0.1) is 0 Å². The smallest absolute Gasteiger partial charge is 0.160 e. The van der Waals surface area contributed by atoms with E-state index in [2.05, 4.69) is 14.5 Å². The summed E-state index contributed by atoms with van der Waals surface area (Å²) < 4.78 is 7.28. The molecule has 22 heavy (non-hydrogen) atoms. The number of hydrogen-bond donors (Lipinski definition) is 1. The maximum Gasteiger partial charge on any atom is 0.160 e. The van der Waals surface area contributed by atoms with Crippen molar-refractivity contribution in [3.63, 3.8) is 0 Å². The molecule has 0 amide bonds. The number of imidazole rings is 1. The fraction of sp³-hybridized carbons (Fsp3) is 0.250. The molecule has 0 aliphatic heterocycles.